The minimum atomic E-state index is -3.87. The summed E-state index contributed by atoms with van der Waals surface area (Å²) in [5, 5.41) is 3.39. The molecular formula is C29H27ClN2O3S. The monoisotopic (exact) mass is 518 g/mol. The SMILES string of the molecule is Cc1ccccc1CNC(=O)c1ccc(CN(c2cc(Cl)ccc2C)S(=O)(=O)c2ccccc2)cc1. The Morgan fingerprint density at radius 3 is 2.19 bits per heavy atom. The van der Waals surface area contributed by atoms with Crippen LogP contribution in [0.1, 0.15) is 32.6 Å². The summed E-state index contributed by atoms with van der Waals surface area (Å²) in [5.41, 5.74) is 4.70. The third-order valence-electron chi connectivity index (χ3n) is 6.01. The second kappa shape index (κ2) is 11.0. The zero-order chi connectivity index (χ0) is 25.7. The number of nitrogens with one attached hydrogen (secondary N) is 1. The maximum atomic E-state index is 13.6. The number of sulfonamides is 1. The molecule has 4 aromatic rings. The van der Waals surface area contributed by atoms with E-state index >= 15 is 0 Å². The second-order valence-corrected chi connectivity index (χ2v) is 10.9. The Kier molecular flexibility index (Phi) is 7.77. The summed E-state index contributed by atoms with van der Waals surface area (Å²) in [7, 11) is -3.87. The lowest BCUT2D eigenvalue weighted by molar-refractivity contribution is 0.0951. The van der Waals surface area contributed by atoms with Gasteiger partial charge < -0.3 is 5.32 Å². The predicted octanol–water partition coefficient (Wildman–Crippen LogP) is 6.28. The van der Waals surface area contributed by atoms with E-state index in [1.807, 2.05) is 38.1 Å². The first kappa shape index (κ1) is 25.5. The summed E-state index contributed by atoms with van der Waals surface area (Å²) >= 11 is 6.23. The number of anilines is 1. The molecule has 0 aliphatic heterocycles. The van der Waals surface area contributed by atoms with Crippen LogP contribution in [-0.2, 0) is 23.1 Å². The van der Waals surface area contributed by atoms with Crippen molar-refractivity contribution in [3.05, 3.63) is 130 Å². The van der Waals surface area contributed by atoms with Crippen LogP contribution < -0.4 is 9.62 Å². The average Bonchev–Trinajstić information content (AvgIpc) is 2.89. The fourth-order valence-corrected chi connectivity index (χ4v) is 5.58. The molecule has 0 heterocycles. The number of aryl methyl sites for hydroxylation is 2. The van der Waals surface area contributed by atoms with Gasteiger partial charge in [-0.15, -0.1) is 0 Å². The average molecular weight is 519 g/mol. The highest BCUT2D eigenvalue weighted by molar-refractivity contribution is 7.92. The lowest BCUT2D eigenvalue weighted by atomic mass is 10.1. The van der Waals surface area contributed by atoms with E-state index in [1.54, 1.807) is 72.8 Å². The summed E-state index contributed by atoms with van der Waals surface area (Å²) < 4.78 is 28.6. The molecule has 184 valence electrons. The van der Waals surface area contributed by atoms with Gasteiger partial charge in [0.25, 0.3) is 15.9 Å². The molecule has 1 amide bonds. The largest absolute Gasteiger partial charge is 0.348 e. The molecule has 0 aliphatic rings. The third kappa shape index (κ3) is 5.78. The number of carbonyl (C=O) groups is 1. The number of hydrogen-bond donors (Lipinski definition) is 1. The van der Waals surface area contributed by atoms with Crippen molar-refractivity contribution < 1.29 is 13.2 Å². The van der Waals surface area contributed by atoms with Gasteiger partial charge in [-0.2, -0.15) is 0 Å². The van der Waals surface area contributed by atoms with Crippen LogP contribution in [0, 0.1) is 13.8 Å². The van der Waals surface area contributed by atoms with E-state index < -0.39 is 10.0 Å². The van der Waals surface area contributed by atoms with Crippen LogP contribution in [0.3, 0.4) is 0 Å². The smallest absolute Gasteiger partial charge is 0.264 e. The number of hydrogen-bond acceptors (Lipinski definition) is 3. The van der Waals surface area contributed by atoms with Crippen molar-refractivity contribution in [1.29, 1.82) is 0 Å². The molecule has 0 radical (unpaired) electrons. The highest BCUT2D eigenvalue weighted by Gasteiger charge is 2.26. The summed E-state index contributed by atoms with van der Waals surface area (Å²) in [6.45, 7) is 4.38. The summed E-state index contributed by atoms with van der Waals surface area (Å²) in [5.74, 6) is -0.191. The Hall–Kier alpha value is -3.61. The minimum Gasteiger partial charge on any atom is -0.348 e. The first-order valence-corrected chi connectivity index (χ1v) is 13.3. The van der Waals surface area contributed by atoms with Gasteiger partial charge in [-0.05, 0) is 72.5 Å². The highest BCUT2D eigenvalue weighted by Crippen LogP contribution is 2.31. The molecule has 7 heteroatoms. The van der Waals surface area contributed by atoms with Crippen LogP contribution in [-0.4, -0.2) is 14.3 Å². The van der Waals surface area contributed by atoms with Crippen molar-refractivity contribution in [2.24, 2.45) is 0 Å². The maximum absolute atomic E-state index is 13.6. The van der Waals surface area contributed by atoms with Crippen molar-refractivity contribution >= 4 is 33.2 Å². The van der Waals surface area contributed by atoms with Crippen LogP contribution >= 0.6 is 11.6 Å². The van der Waals surface area contributed by atoms with Gasteiger partial charge in [0.2, 0.25) is 0 Å². The molecule has 4 aromatic carbocycles. The van der Waals surface area contributed by atoms with Crippen LogP contribution in [0.25, 0.3) is 0 Å². The molecule has 1 N–H and O–H groups in total. The zero-order valence-electron chi connectivity index (χ0n) is 20.1. The lowest BCUT2D eigenvalue weighted by Crippen LogP contribution is -2.31. The van der Waals surface area contributed by atoms with E-state index in [0.717, 1.165) is 22.3 Å². The first-order chi connectivity index (χ1) is 17.3. The van der Waals surface area contributed by atoms with Gasteiger partial charge in [0.05, 0.1) is 17.1 Å². The van der Waals surface area contributed by atoms with Gasteiger partial charge in [-0.25, -0.2) is 8.42 Å². The molecule has 36 heavy (non-hydrogen) atoms. The Balaban J connectivity index is 1.58. The number of halogens is 1. The van der Waals surface area contributed by atoms with Crippen molar-refractivity contribution in [3.63, 3.8) is 0 Å². The quantitative estimate of drug-likeness (QED) is 0.298. The number of nitrogens with zero attached hydrogens (tertiary/aromatic N) is 1. The number of benzene rings is 4. The van der Waals surface area contributed by atoms with Gasteiger partial charge in [0.15, 0.2) is 0 Å². The van der Waals surface area contributed by atoms with Gasteiger partial charge in [-0.3, -0.25) is 9.10 Å². The number of carbonyl (C=O) groups excluding carboxylic acids is 1. The van der Waals surface area contributed by atoms with Gasteiger partial charge in [-0.1, -0.05) is 72.3 Å². The summed E-state index contributed by atoms with van der Waals surface area (Å²) in [4.78, 5) is 12.9. The third-order valence-corrected chi connectivity index (χ3v) is 8.02. The number of rotatable bonds is 8. The van der Waals surface area contributed by atoms with E-state index in [2.05, 4.69) is 5.32 Å². The van der Waals surface area contributed by atoms with Crippen LogP contribution in [0.15, 0.2) is 102 Å². The first-order valence-electron chi connectivity index (χ1n) is 11.5. The molecule has 0 aliphatic carbocycles. The molecular weight excluding hydrogens is 492 g/mol. The molecule has 0 fully saturated rings. The number of amides is 1. The van der Waals surface area contributed by atoms with Gasteiger partial charge in [0.1, 0.15) is 0 Å². The molecule has 5 nitrogen and oxygen atoms in total. The topological polar surface area (TPSA) is 66.5 Å². The predicted molar refractivity (Wildman–Crippen MR) is 145 cm³/mol. The fourth-order valence-electron chi connectivity index (χ4n) is 3.88. The minimum absolute atomic E-state index is 0.0868. The van der Waals surface area contributed by atoms with E-state index in [9.17, 15) is 13.2 Å². The molecule has 0 unspecified atom stereocenters. The fraction of sp³-hybridized carbons (Fsp3) is 0.138. The maximum Gasteiger partial charge on any atom is 0.264 e. The lowest BCUT2D eigenvalue weighted by Gasteiger charge is -2.26. The van der Waals surface area contributed by atoms with Crippen LogP contribution in [0.5, 0.6) is 0 Å². The van der Waals surface area contributed by atoms with Crippen molar-refractivity contribution in [1.82, 2.24) is 5.32 Å². The van der Waals surface area contributed by atoms with E-state index in [4.69, 9.17) is 11.6 Å². The zero-order valence-corrected chi connectivity index (χ0v) is 21.7. The van der Waals surface area contributed by atoms with Crippen LogP contribution in [0.2, 0.25) is 5.02 Å². The molecule has 0 bridgehead atoms. The van der Waals surface area contributed by atoms with Gasteiger partial charge >= 0.3 is 0 Å². The Labute approximate surface area is 217 Å². The Morgan fingerprint density at radius 2 is 1.50 bits per heavy atom. The van der Waals surface area contributed by atoms with Crippen molar-refractivity contribution in [2.75, 3.05) is 4.31 Å². The van der Waals surface area contributed by atoms with Crippen LogP contribution in [0.4, 0.5) is 5.69 Å². The van der Waals surface area contributed by atoms with Crippen molar-refractivity contribution in [3.8, 4) is 0 Å². The van der Waals surface area contributed by atoms with E-state index in [1.165, 1.54) is 4.31 Å². The van der Waals surface area contributed by atoms with Crippen molar-refractivity contribution in [2.45, 2.75) is 31.8 Å². The molecule has 0 saturated carbocycles. The van der Waals surface area contributed by atoms with Gasteiger partial charge in [0, 0.05) is 17.1 Å². The molecule has 0 spiro atoms. The van der Waals surface area contributed by atoms with E-state index in [-0.39, 0.29) is 17.3 Å². The normalized spacial score (nSPS) is 11.2. The summed E-state index contributed by atoms with van der Waals surface area (Å²) in [6, 6.07) is 28.4. The van der Waals surface area contributed by atoms with E-state index in [0.29, 0.717) is 22.8 Å². The highest BCUT2D eigenvalue weighted by atomic mass is 35.5. The standard InChI is InChI=1S/C29H27ClN2O3S/c1-21-8-6-7-9-25(21)19-31-29(33)24-15-13-23(14-16-24)20-32(28-18-26(30)17-12-22(28)2)36(34,35)27-10-4-3-5-11-27/h3-18H,19-20H2,1-2H3,(H,31,33). The molecule has 0 atom stereocenters. The molecule has 4 rings (SSSR count). The Bertz CT molecular complexity index is 1470. The summed E-state index contributed by atoms with van der Waals surface area (Å²) in [6.07, 6.45) is 0. The molecule has 0 saturated heterocycles. The second-order valence-electron chi connectivity index (χ2n) is 8.56. The molecule has 0 aromatic heterocycles. The Morgan fingerprint density at radius 1 is 0.833 bits per heavy atom.